The quantitative estimate of drug-likeness (QED) is 0.748. The van der Waals surface area contributed by atoms with Crippen LogP contribution >= 0.6 is 0 Å². The Morgan fingerprint density at radius 3 is 2.14 bits per heavy atom. The minimum absolute atomic E-state index is 0.315. The van der Waals surface area contributed by atoms with Gasteiger partial charge in [0.15, 0.2) is 0 Å². The molecule has 0 saturated carbocycles. The van der Waals surface area contributed by atoms with Gasteiger partial charge < -0.3 is 10.6 Å². The lowest BCUT2D eigenvalue weighted by Crippen LogP contribution is -2.30. The Morgan fingerprint density at radius 2 is 1.71 bits per heavy atom. The second-order valence-electron chi connectivity index (χ2n) is 5.83. The molecule has 2 heteroatoms. The first-order valence-electron chi connectivity index (χ1n) is 5.87. The number of hydrogen-bond donors (Lipinski definition) is 1. The molecule has 14 heavy (non-hydrogen) atoms. The summed E-state index contributed by atoms with van der Waals surface area (Å²) >= 11 is 0. The van der Waals surface area contributed by atoms with Crippen LogP contribution in [0.2, 0.25) is 0 Å². The van der Waals surface area contributed by atoms with Crippen molar-refractivity contribution in [2.75, 3.05) is 26.2 Å². The summed E-state index contributed by atoms with van der Waals surface area (Å²) < 4.78 is 0. The smallest absolute Gasteiger partial charge is 0.00102 e. The van der Waals surface area contributed by atoms with E-state index in [0.29, 0.717) is 5.41 Å². The predicted octanol–water partition coefficient (Wildman–Crippen LogP) is 1.95. The number of nitrogens with zero attached hydrogens (tertiary/aromatic N) is 1. The summed E-state index contributed by atoms with van der Waals surface area (Å²) in [5.41, 5.74) is 6.04. The highest BCUT2D eigenvalue weighted by molar-refractivity contribution is 4.80. The number of rotatable bonds is 4. The van der Waals surface area contributed by atoms with Gasteiger partial charge in [-0.25, -0.2) is 0 Å². The van der Waals surface area contributed by atoms with Crippen LogP contribution < -0.4 is 5.73 Å². The summed E-state index contributed by atoms with van der Waals surface area (Å²) in [4.78, 5) is 2.59. The van der Waals surface area contributed by atoms with Gasteiger partial charge in [0.25, 0.3) is 0 Å². The molecular weight excluding hydrogens is 172 g/mol. The summed E-state index contributed by atoms with van der Waals surface area (Å²) in [5, 5.41) is 0. The molecule has 84 valence electrons. The van der Waals surface area contributed by atoms with Crippen LogP contribution in [0, 0.1) is 17.3 Å². The largest absolute Gasteiger partial charge is 0.330 e. The molecule has 0 spiro atoms. The van der Waals surface area contributed by atoms with Crippen molar-refractivity contribution < 1.29 is 0 Å². The van der Waals surface area contributed by atoms with Gasteiger partial charge in [-0.05, 0) is 36.8 Å². The van der Waals surface area contributed by atoms with Crippen LogP contribution in [0.4, 0.5) is 0 Å². The van der Waals surface area contributed by atoms with E-state index in [1.807, 2.05) is 0 Å². The van der Waals surface area contributed by atoms with E-state index in [4.69, 9.17) is 5.73 Å². The van der Waals surface area contributed by atoms with E-state index >= 15 is 0 Å². The summed E-state index contributed by atoms with van der Waals surface area (Å²) in [5.74, 6) is 1.74. The molecule has 2 atom stereocenters. The van der Waals surface area contributed by atoms with Gasteiger partial charge in [-0.3, -0.25) is 0 Å². The summed E-state index contributed by atoms with van der Waals surface area (Å²) in [6, 6.07) is 0. The molecule has 0 aromatic carbocycles. The fourth-order valence-corrected chi connectivity index (χ4v) is 1.99. The van der Waals surface area contributed by atoms with Crippen LogP contribution in [0.1, 0.15) is 34.1 Å². The lowest BCUT2D eigenvalue weighted by Gasteiger charge is -2.25. The minimum Gasteiger partial charge on any atom is -0.330 e. The second kappa shape index (κ2) is 4.63. The van der Waals surface area contributed by atoms with Crippen molar-refractivity contribution in [1.82, 2.24) is 4.90 Å². The molecule has 0 aromatic heterocycles. The van der Waals surface area contributed by atoms with Crippen LogP contribution in [0.5, 0.6) is 0 Å². The summed E-state index contributed by atoms with van der Waals surface area (Å²) in [6.07, 6.45) is 1.23. The third-order valence-electron chi connectivity index (χ3n) is 3.72. The Labute approximate surface area is 88.8 Å². The van der Waals surface area contributed by atoms with Crippen LogP contribution in [-0.2, 0) is 0 Å². The Kier molecular flexibility index (Phi) is 3.96. The zero-order valence-electron chi connectivity index (χ0n) is 10.2. The maximum Gasteiger partial charge on any atom is 0.00102 e. The molecule has 1 fully saturated rings. The van der Waals surface area contributed by atoms with Crippen molar-refractivity contribution in [3.8, 4) is 0 Å². The van der Waals surface area contributed by atoms with Crippen molar-refractivity contribution in [2.45, 2.75) is 34.1 Å². The lowest BCUT2D eigenvalue weighted by atomic mass is 9.89. The molecule has 1 aliphatic rings. The average Bonchev–Trinajstić information content (AvgIpc) is 2.44. The number of nitrogens with two attached hydrogens (primary N) is 1. The van der Waals surface area contributed by atoms with Gasteiger partial charge in [-0.2, -0.15) is 0 Å². The van der Waals surface area contributed by atoms with E-state index in [-0.39, 0.29) is 0 Å². The Balaban J connectivity index is 2.27. The first kappa shape index (κ1) is 12.0. The van der Waals surface area contributed by atoms with Gasteiger partial charge >= 0.3 is 0 Å². The Morgan fingerprint density at radius 1 is 1.21 bits per heavy atom. The second-order valence-corrected chi connectivity index (χ2v) is 5.83. The molecule has 1 aliphatic heterocycles. The highest BCUT2D eigenvalue weighted by Crippen LogP contribution is 2.25. The third kappa shape index (κ3) is 3.25. The van der Waals surface area contributed by atoms with Gasteiger partial charge in [0, 0.05) is 13.1 Å². The van der Waals surface area contributed by atoms with Crippen molar-refractivity contribution in [1.29, 1.82) is 0 Å². The van der Waals surface area contributed by atoms with Gasteiger partial charge in [0.1, 0.15) is 0 Å². The average molecular weight is 198 g/mol. The summed E-state index contributed by atoms with van der Waals surface area (Å²) in [6.45, 7) is 13.8. The zero-order chi connectivity index (χ0) is 10.8. The molecule has 0 radical (unpaired) electrons. The van der Waals surface area contributed by atoms with E-state index < -0.39 is 0 Å². The Hall–Kier alpha value is -0.0800. The minimum atomic E-state index is 0.315. The Bertz CT molecular complexity index is 167. The molecule has 1 heterocycles. The van der Waals surface area contributed by atoms with Gasteiger partial charge in [-0.1, -0.05) is 27.7 Å². The number of likely N-dealkylation sites (tertiary alicyclic amines) is 1. The highest BCUT2D eigenvalue weighted by atomic mass is 15.1. The maximum atomic E-state index is 5.73. The van der Waals surface area contributed by atoms with Gasteiger partial charge in [0.05, 0.1) is 0 Å². The molecule has 2 N–H and O–H groups in total. The van der Waals surface area contributed by atoms with Crippen LogP contribution in [0.25, 0.3) is 0 Å². The molecule has 1 rings (SSSR count). The third-order valence-corrected chi connectivity index (χ3v) is 3.72. The van der Waals surface area contributed by atoms with E-state index in [1.54, 1.807) is 0 Å². The van der Waals surface area contributed by atoms with Crippen molar-refractivity contribution >= 4 is 0 Å². The normalized spacial score (nSPS) is 29.8. The monoisotopic (exact) mass is 198 g/mol. The highest BCUT2D eigenvalue weighted by Gasteiger charge is 2.27. The van der Waals surface area contributed by atoms with Crippen LogP contribution in [0.3, 0.4) is 0 Å². The molecule has 2 unspecified atom stereocenters. The predicted molar refractivity (Wildman–Crippen MR) is 62.2 cm³/mol. The zero-order valence-corrected chi connectivity index (χ0v) is 10.2. The van der Waals surface area contributed by atoms with E-state index in [1.165, 1.54) is 26.1 Å². The van der Waals surface area contributed by atoms with Gasteiger partial charge in [-0.15, -0.1) is 0 Å². The number of hydrogen-bond acceptors (Lipinski definition) is 2. The maximum absolute atomic E-state index is 5.73. The standard InChI is InChI=1S/C12H26N2/c1-10-7-14(8-11(10)2)6-5-12(3,4)9-13/h10-11H,5-9,13H2,1-4H3. The van der Waals surface area contributed by atoms with E-state index in [9.17, 15) is 0 Å². The van der Waals surface area contributed by atoms with Crippen molar-refractivity contribution in [2.24, 2.45) is 23.0 Å². The van der Waals surface area contributed by atoms with Crippen LogP contribution in [0.15, 0.2) is 0 Å². The molecule has 0 amide bonds. The first-order chi connectivity index (χ1) is 6.44. The summed E-state index contributed by atoms with van der Waals surface area (Å²) in [7, 11) is 0. The fraction of sp³-hybridized carbons (Fsp3) is 1.00. The van der Waals surface area contributed by atoms with Crippen molar-refractivity contribution in [3.05, 3.63) is 0 Å². The van der Waals surface area contributed by atoms with E-state index in [2.05, 4.69) is 32.6 Å². The fourth-order valence-electron chi connectivity index (χ4n) is 1.99. The molecule has 0 aliphatic carbocycles. The lowest BCUT2D eigenvalue weighted by molar-refractivity contribution is 0.248. The van der Waals surface area contributed by atoms with E-state index in [0.717, 1.165) is 18.4 Å². The topological polar surface area (TPSA) is 29.3 Å². The first-order valence-corrected chi connectivity index (χ1v) is 5.87. The van der Waals surface area contributed by atoms with Crippen LogP contribution in [-0.4, -0.2) is 31.1 Å². The molecule has 2 nitrogen and oxygen atoms in total. The SMILES string of the molecule is CC1CN(CCC(C)(C)CN)CC1C. The molecule has 1 saturated heterocycles. The molecular formula is C12H26N2. The van der Waals surface area contributed by atoms with Crippen molar-refractivity contribution in [3.63, 3.8) is 0 Å². The van der Waals surface area contributed by atoms with Gasteiger partial charge in [0.2, 0.25) is 0 Å². The molecule has 0 bridgehead atoms. The molecule has 0 aromatic rings.